The first-order valence-electron chi connectivity index (χ1n) is 7.95. The van der Waals surface area contributed by atoms with Crippen LogP contribution in [0.3, 0.4) is 0 Å². The fourth-order valence-electron chi connectivity index (χ4n) is 2.73. The third-order valence-corrected chi connectivity index (χ3v) is 5.73. The second kappa shape index (κ2) is 7.07. The van der Waals surface area contributed by atoms with Gasteiger partial charge in [0, 0.05) is 18.5 Å². The number of hydrogen-bond acceptors (Lipinski definition) is 7. The van der Waals surface area contributed by atoms with Crippen LogP contribution < -0.4 is 0 Å². The number of morpholine rings is 1. The van der Waals surface area contributed by atoms with Crippen molar-refractivity contribution in [3.8, 4) is 0 Å². The zero-order valence-corrected chi connectivity index (χ0v) is 15.3. The van der Waals surface area contributed by atoms with Crippen LogP contribution in [0, 0.1) is 6.92 Å². The number of rotatable bonds is 3. The predicted octanol–water partition coefficient (Wildman–Crippen LogP) is 3.02. The third-order valence-electron chi connectivity index (χ3n) is 3.92. The first-order chi connectivity index (χ1) is 12.2. The molecule has 0 radical (unpaired) electrons. The van der Waals surface area contributed by atoms with E-state index >= 15 is 0 Å². The Labute approximate surface area is 153 Å². The van der Waals surface area contributed by atoms with Gasteiger partial charge < -0.3 is 9.64 Å². The van der Waals surface area contributed by atoms with Crippen molar-refractivity contribution >= 4 is 39.9 Å². The molecule has 3 aromatic rings. The van der Waals surface area contributed by atoms with Crippen LogP contribution in [0.25, 0.3) is 10.9 Å². The van der Waals surface area contributed by atoms with E-state index in [9.17, 15) is 4.79 Å². The number of aromatic nitrogens is 3. The van der Waals surface area contributed by atoms with Crippen LogP contribution in [-0.2, 0) is 4.74 Å². The van der Waals surface area contributed by atoms with Crippen molar-refractivity contribution in [3.05, 3.63) is 40.9 Å². The fraction of sp³-hybridized carbons (Fsp3) is 0.294. The number of fused-ring (bicyclic) bond motifs is 1. The highest BCUT2D eigenvalue weighted by Gasteiger charge is 2.22. The van der Waals surface area contributed by atoms with Crippen LogP contribution in [0.1, 0.15) is 15.4 Å². The Morgan fingerprint density at radius 2 is 2.04 bits per heavy atom. The summed E-state index contributed by atoms with van der Waals surface area (Å²) in [5.41, 5.74) is 1.49. The number of hydrogen-bond donors (Lipinski definition) is 0. The van der Waals surface area contributed by atoms with Crippen molar-refractivity contribution in [2.45, 2.75) is 16.3 Å². The van der Waals surface area contributed by atoms with E-state index < -0.39 is 0 Å². The second-order valence-electron chi connectivity index (χ2n) is 5.62. The van der Waals surface area contributed by atoms with Gasteiger partial charge in [0.15, 0.2) is 4.34 Å². The number of para-hydroxylation sites is 1. The maximum atomic E-state index is 13.0. The lowest BCUT2D eigenvalue weighted by Crippen LogP contribution is -2.40. The number of amides is 1. The molecule has 6 nitrogen and oxygen atoms in total. The van der Waals surface area contributed by atoms with Gasteiger partial charge in [0.2, 0.25) is 0 Å². The number of ether oxygens (including phenoxy) is 1. The summed E-state index contributed by atoms with van der Waals surface area (Å²) in [7, 11) is 0. The van der Waals surface area contributed by atoms with Crippen molar-refractivity contribution in [1.82, 2.24) is 20.1 Å². The van der Waals surface area contributed by atoms with E-state index in [1.807, 2.05) is 42.2 Å². The van der Waals surface area contributed by atoms with Gasteiger partial charge in [-0.2, -0.15) is 0 Å². The first kappa shape index (κ1) is 16.4. The highest BCUT2D eigenvalue weighted by atomic mass is 32.2. The molecule has 25 heavy (non-hydrogen) atoms. The van der Waals surface area contributed by atoms with Crippen LogP contribution in [0.5, 0.6) is 0 Å². The third kappa shape index (κ3) is 3.51. The molecule has 1 aliphatic heterocycles. The summed E-state index contributed by atoms with van der Waals surface area (Å²) in [5, 5.41) is 10.7. The van der Waals surface area contributed by atoms with Gasteiger partial charge in [0.25, 0.3) is 5.91 Å². The van der Waals surface area contributed by atoms with Crippen LogP contribution in [0.15, 0.2) is 39.7 Å². The quantitative estimate of drug-likeness (QED) is 0.704. The van der Waals surface area contributed by atoms with E-state index in [1.165, 1.54) is 23.1 Å². The molecule has 0 saturated carbocycles. The number of carbonyl (C=O) groups is 1. The Morgan fingerprint density at radius 1 is 1.24 bits per heavy atom. The summed E-state index contributed by atoms with van der Waals surface area (Å²) in [6.45, 7) is 4.32. The summed E-state index contributed by atoms with van der Waals surface area (Å²) in [5.74, 6) is 0.0252. The average Bonchev–Trinajstić information content (AvgIpc) is 3.06. The van der Waals surface area contributed by atoms with E-state index in [2.05, 4.69) is 15.2 Å². The number of nitrogens with zero attached hydrogens (tertiary/aromatic N) is 4. The van der Waals surface area contributed by atoms with Crippen molar-refractivity contribution < 1.29 is 9.53 Å². The summed E-state index contributed by atoms with van der Waals surface area (Å²) in [6, 6.07) is 9.60. The van der Waals surface area contributed by atoms with E-state index in [-0.39, 0.29) is 5.91 Å². The fourth-order valence-corrected chi connectivity index (χ4v) is 4.51. The lowest BCUT2D eigenvalue weighted by Gasteiger charge is -2.27. The second-order valence-corrected chi connectivity index (χ2v) is 8.07. The zero-order chi connectivity index (χ0) is 17.2. The summed E-state index contributed by atoms with van der Waals surface area (Å²) in [4.78, 5) is 19.5. The van der Waals surface area contributed by atoms with Crippen molar-refractivity contribution in [2.24, 2.45) is 0 Å². The first-order valence-corrected chi connectivity index (χ1v) is 9.59. The maximum absolute atomic E-state index is 13.0. The molecule has 4 rings (SSSR count). The largest absolute Gasteiger partial charge is 0.378 e. The van der Waals surface area contributed by atoms with Gasteiger partial charge in [-0.1, -0.05) is 29.5 Å². The monoisotopic (exact) mass is 372 g/mol. The molecule has 0 spiro atoms. The van der Waals surface area contributed by atoms with Crippen LogP contribution >= 0.6 is 23.1 Å². The van der Waals surface area contributed by atoms with Gasteiger partial charge in [-0.3, -0.25) is 4.79 Å². The zero-order valence-electron chi connectivity index (χ0n) is 13.6. The van der Waals surface area contributed by atoms with Gasteiger partial charge in [0.05, 0.1) is 24.3 Å². The van der Waals surface area contributed by atoms with Gasteiger partial charge in [-0.05, 0) is 30.8 Å². The van der Waals surface area contributed by atoms with Crippen molar-refractivity contribution in [3.63, 3.8) is 0 Å². The van der Waals surface area contributed by atoms with E-state index in [4.69, 9.17) is 4.74 Å². The molecule has 1 aromatic carbocycles. The van der Waals surface area contributed by atoms with Gasteiger partial charge >= 0.3 is 0 Å². The average molecular weight is 372 g/mol. The molecule has 0 N–H and O–H groups in total. The standard InChI is InChI=1S/C17H16N4O2S2/c1-11-19-20-17(24-11)25-15-10-13(12-4-2-3-5-14(12)18-15)16(22)21-6-8-23-9-7-21/h2-5,10H,6-9H2,1H3. The molecule has 3 heterocycles. The molecule has 8 heteroatoms. The highest BCUT2D eigenvalue weighted by molar-refractivity contribution is 8.01. The minimum Gasteiger partial charge on any atom is -0.378 e. The van der Waals surface area contributed by atoms with Gasteiger partial charge in [-0.15, -0.1) is 10.2 Å². The molecule has 1 aliphatic rings. The minimum absolute atomic E-state index is 0.0252. The van der Waals surface area contributed by atoms with Crippen LogP contribution in [-0.4, -0.2) is 52.3 Å². The predicted molar refractivity (Wildman–Crippen MR) is 97.2 cm³/mol. The molecule has 0 unspecified atom stereocenters. The number of pyridine rings is 1. The molecule has 0 atom stereocenters. The van der Waals surface area contributed by atoms with Gasteiger partial charge in [-0.25, -0.2) is 4.98 Å². The smallest absolute Gasteiger partial charge is 0.254 e. The summed E-state index contributed by atoms with van der Waals surface area (Å²) >= 11 is 2.96. The normalized spacial score (nSPS) is 14.8. The number of benzene rings is 1. The van der Waals surface area contributed by atoms with E-state index in [0.717, 1.165) is 25.3 Å². The summed E-state index contributed by atoms with van der Waals surface area (Å²) in [6.07, 6.45) is 0. The lowest BCUT2D eigenvalue weighted by atomic mass is 10.1. The summed E-state index contributed by atoms with van der Waals surface area (Å²) < 4.78 is 6.18. The van der Waals surface area contributed by atoms with Crippen molar-refractivity contribution in [1.29, 1.82) is 0 Å². The SMILES string of the molecule is Cc1nnc(Sc2cc(C(=O)N3CCOCC3)c3ccccc3n2)s1. The molecule has 1 saturated heterocycles. The minimum atomic E-state index is 0.0252. The molecule has 1 fully saturated rings. The highest BCUT2D eigenvalue weighted by Crippen LogP contribution is 2.32. The van der Waals surface area contributed by atoms with Crippen LogP contribution in [0.4, 0.5) is 0 Å². The Balaban J connectivity index is 1.74. The molecule has 128 valence electrons. The molecular weight excluding hydrogens is 356 g/mol. The Morgan fingerprint density at radius 3 is 2.80 bits per heavy atom. The molecule has 1 amide bonds. The number of carbonyl (C=O) groups excluding carboxylic acids is 1. The van der Waals surface area contributed by atoms with E-state index in [1.54, 1.807) is 0 Å². The molecular formula is C17H16N4O2S2. The van der Waals surface area contributed by atoms with Crippen LogP contribution in [0.2, 0.25) is 0 Å². The Kier molecular flexibility index (Phi) is 4.65. The molecule has 0 bridgehead atoms. The van der Waals surface area contributed by atoms with Gasteiger partial charge in [0.1, 0.15) is 10.0 Å². The Bertz CT molecular complexity index is 922. The molecule has 0 aliphatic carbocycles. The van der Waals surface area contributed by atoms with Crippen molar-refractivity contribution in [2.75, 3.05) is 26.3 Å². The lowest BCUT2D eigenvalue weighted by molar-refractivity contribution is 0.0304. The van der Waals surface area contributed by atoms with E-state index in [0.29, 0.717) is 31.9 Å². The number of aryl methyl sites for hydroxylation is 1. The molecule has 2 aromatic heterocycles. The maximum Gasteiger partial charge on any atom is 0.254 e. The topological polar surface area (TPSA) is 68.2 Å². The Hall–Kier alpha value is -2.03.